The molecule has 1 aliphatic heterocycles. The standard InChI is InChI=1S/C16H19BrN4O/c17-13-7-5-12(6-8-13)16(22)18-10-9-15-20-19-14-4-2-1-3-11-21(14)15/h5-8H,1-4,9-11H2,(H,18,22). The highest BCUT2D eigenvalue weighted by Crippen LogP contribution is 2.14. The lowest BCUT2D eigenvalue weighted by Gasteiger charge is -2.08. The number of hydrogen-bond donors (Lipinski definition) is 1. The second-order valence-electron chi connectivity index (χ2n) is 5.51. The molecule has 0 fully saturated rings. The Morgan fingerprint density at radius 3 is 2.82 bits per heavy atom. The van der Waals surface area contributed by atoms with Crippen molar-refractivity contribution in [3.05, 3.63) is 46.0 Å². The number of fused-ring (bicyclic) bond motifs is 1. The summed E-state index contributed by atoms with van der Waals surface area (Å²) >= 11 is 3.36. The summed E-state index contributed by atoms with van der Waals surface area (Å²) in [5, 5.41) is 11.5. The van der Waals surface area contributed by atoms with Crippen LogP contribution < -0.4 is 5.32 Å². The molecular weight excluding hydrogens is 344 g/mol. The second kappa shape index (κ2) is 7.05. The molecule has 2 heterocycles. The zero-order valence-electron chi connectivity index (χ0n) is 12.4. The van der Waals surface area contributed by atoms with Gasteiger partial charge in [0.25, 0.3) is 5.91 Å². The lowest BCUT2D eigenvalue weighted by molar-refractivity contribution is 0.0954. The number of benzene rings is 1. The van der Waals surface area contributed by atoms with Gasteiger partial charge < -0.3 is 9.88 Å². The zero-order chi connectivity index (χ0) is 15.4. The van der Waals surface area contributed by atoms with Crippen molar-refractivity contribution in [2.75, 3.05) is 6.54 Å². The smallest absolute Gasteiger partial charge is 0.251 e. The molecule has 0 spiro atoms. The van der Waals surface area contributed by atoms with E-state index in [4.69, 9.17) is 0 Å². The van der Waals surface area contributed by atoms with Crippen molar-refractivity contribution in [2.24, 2.45) is 0 Å². The number of aromatic nitrogens is 3. The SMILES string of the molecule is O=C(NCCc1nnc2n1CCCCC2)c1ccc(Br)cc1. The third-order valence-electron chi connectivity index (χ3n) is 3.93. The van der Waals surface area contributed by atoms with Gasteiger partial charge in [-0.2, -0.15) is 0 Å². The van der Waals surface area contributed by atoms with E-state index >= 15 is 0 Å². The Morgan fingerprint density at radius 2 is 2.00 bits per heavy atom. The maximum Gasteiger partial charge on any atom is 0.251 e. The molecule has 116 valence electrons. The van der Waals surface area contributed by atoms with E-state index < -0.39 is 0 Å². The van der Waals surface area contributed by atoms with Gasteiger partial charge in [-0.1, -0.05) is 22.4 Å². The molecule has 1 aromatic heterocycles. The first-order valence-electron chi connectivity index (χ1n) is 7.69. The minimum atomic E-state index is -0.0527. The van der Waals surface area contributed by atoms with Crippen molar-refractivity contribution in [3.8, 4) is 0 Å². The second-order valence-corrected chi connectivity index (χ2v) is 6.42. The molecule has 1 aromatic carbocycles. The van der Waals surface area contributed by atoms with Crippen LogP contribution in [0.2, 0.25) is 0 Å². The summed E-state index contributed by atoms with van der Waals surface area (Å²) in [4.78, 5) is 12.1. The van der Waals surface area contributed by atoms with Crippen LogP contribution in [-0.4, -0.2) is 27.2 Å². The molecule has 0 radical (unpaired) electrons. The van der Waals surface area contributed by atoms with E-state index in [0.29, 0.717) is 12.1 Å². The van der Waals surface area contributed by atoms with E-state index in [2.05, 4.69) is 36.0 Å². The van der Waals surface area contributed by atoms with E-state index in [-0.39, 0.29) is 5.91 Å². The highest BCUT2D eigenvalue weighted by Gasteiger charge is 2.14. The fraction of sp³-hybridized carbons (Fsp3) is 0.438. The van der Waals surface area contributed by atoms with E-state index in [1.54, 1.807) is 0 Å². The topological polar surface area (TPSA) is 59.8 Å². The average molecular weight is 363 g/mol. The first-order chi connectivity index (χ1) is 10.7. The summed E-state index contributed by atoms with van der Waals surface area (Å²) < 4.78 is 3.19. The van der Waals surface area contributed by atoms with Crippen molar-refractivity contribution in [2.45, 2.75) is 38.6 Å². The van der Waals surface area contributed by atoms with Crippen LogP contribution in [0.25, 0.3) is 0 Å². The lowest BCUT2D eigenvalue weighted by Crippen LogP contribution is -2.26. The van der Waals surface area contributed by atoms with Crippen molar-refractivity contribution >= 4 is 21.8 Å². The Bertz CT molecular complexity index is 651. The minimum Gasteiger partial charge on any atom is -0.352 e. The Balaban J connectivity index is 1.56. The fourth-order valence-corrected chi connectivity index (χ4v) is 2.99. The van der Waals surface area contributed by atoms with Gasteiger partial charge in [0.1, 0.15) is 11.6 Å². The van der Waals surface area contributed by atoms with Gasteiger partial charge in [0.2, 0.25) is 0 Å². The first-order valence-corrected chi connectivity index (χ1v) is 8.48. The van der Waals surface area contributed by atoms with Crippen LogP contribution in [0, 0.1) is 0 Å². The predicted octanol–water partition coefficient (Wildman–Crippen LogP) is 2.74. The number of rotatable bonds is 4. The molecule has 1 aliphatic rings. The van der Waals surface area contributed by atoms with Gasteiger partial charge in [-0.15, -0.1) is 10.2 Å². The van der Waals surface area contributed by atoms with Crippen LogP contribution in [0.5, 0.6) is 0 Å². The number of halogens is 1. The largest absolute Gasteiger partial charge is 0.352 e. The summed E-state index contributed by atoms with van der Waals surface area (Å²) in [5.74, 6) is 2.02. The number of carbonyl (C=O) groups is 1. The molecule has 5 nitrogen and oxygen atoms in total. The van der Waals surface area contributed by atoms with E-state index in [1.807, 2.05) is 24.3 Å². The molecule has 3 rings (SSSR count). The summed E-state index contributed by atoms with van der Waals surface area (Å²) in [6, 6.07) is 7.35. The van der Waals surface area contributed by atoms with Gasteiger partial charge in [0.05, 0.1) is 0 Å². The summed E-state index contributed by atoms with van der Waals surface area (Å²) in [6.07, 6.45) is 5.36. The van der Waals surface area contributed by atoms with Crippen molar-refractivity contribution in [3.63, 3.8) is 0 Å². The van der Waals surface area contributed by atoms with Gasteiger partial charge in [0, 0.05) is 36.0 Å². The summed E-state index contributed by atoms with van der Waals surface area (Å²) in [7, 11) is 0. The highest BCUT2D eigenvalue weighted by molar-refractivity contribution is 9.10. The van der Waals surface area contributed by atoms with Crippen LogP contribution in [0.3, 0.4) is 0 Å². The maximum atomic E-state index is 12.1. The molecule has 0 atom stereocenters. The fourth-order valence-electron chi connectivity index (χ4n) is 2.72. The van der Waals surface area contributed by atoms with Crippen LogP contribution in [0.1, 0.15) is 41.3 Å². The predicted molar refractivity (Wildman–Crippen MR) is 87.8 cm³/mol. The molecule has 22 heavy (non-hydrogen) atoms. The Hall–Kier alpha value is -1.69. The number of amides is 1. The molecule has 6 heteroatoms. The number of aryl methyl sites for hydroxylation is 1. The van der Waals surface area contributed by atoms with Gasteiger partial charge >= 0.3 is 0 Å². The van der Waals surface area contributed by atoms with Crippen molar-refractivity contribution in [1.82, 2.24) is 20.1 Å². The molecule has 0 unspecified atom stereocenters. The number of nitrogens with one attached hydrogen (secondary N) is 1. The Kier molecular flexibility index (Phi) is 4.87. The molecule has 1 N–H and O–H groups in total. The zero-order valence-corrected chi connectivity index (χ0v) is 14.0. The molecule has 0 aliphatic carbocycles. The molecular formula is C16H19BrN4O. The Morgan fingerprint density at radius 1 is 1.18 bits per heavy atom. The van der Waals surface area contributed by atoms with Crippen LogP contribution in [0.4, 0.5) is 0 Å². The van der Waals surface area contributed by atoms with Gasteiger partial charge in [-0.3, -0.25) is 4.79 Å². The minimum absolute atomic E-state index is 0.0527. The first kappa shape index (κ1) is 15.2. The Labute approximate surface area is 138 Å². The summed E-state index contributed by atoms with van der Waals surface area (Å²) in [6.45, 7) is 1.57. The van der Waals surface area contributed by atoms with Crippen LogP contribution in [0.15, 0.2) is 28.7 Å². The van der Waals surface area contributed by atoms with E-state index in [0.717, 1.165) is 35.5 Å². The van der Waals surface area contributed by atoms with Gasteiger partial charge in [-0.05, 0) is 37.1 Å². The number of nitrogens with zero attached hydrogens (tertiary/aromatic N) is 3. The van der Waals surface area contributed by atoms with Crippen molar-refractivity contribution < 1.29 is 4.79 Å². The van der Waals surface area contributed by atoms with Crippen LogP contribution >= 0.6 is 15.9 Å². The third-order valence-corrected chi connectivity index (χ3v) is 4.46. The molecule has 2 aromatic rings. The molecule has 0 saturated carbocycles. The monoisotopic (exact) mass is 362 g/mol. The van der Waals surface area contributed by atoms with Crippen molar-refractivity contribution in [1.29, 1.82) is 0 Å². The van der Waals surface area contributed by atoms with E-state index in [1.165, 1.54) is 19.3 Å². The highest BCUT2D eigenvalue weighted by atomic mass is 79.9. The van der Waals surface area contributed by atoms with E-state index in [9.17, 15) is 4.79 Å². The summed E-state index contributed by atoms with van der Waals surface area (Å²) in [5.41, 5.74) is 0.670. The molecule has 0 saturated heterocycles. The third kappa shape index (κ3) is 3.55. The average Bonchev–Trinajstić information content (AvgIpc) is 2.76. The number of hydrogen-bond acceptors (Lipinski definition) is 3. The van der Waals surface area contributed by atoms with Gasteiger partial charge in [0.15, 0.2) is 0 Å². The normalized spacial score (nSPS) is 14.2. The lowest BCUT2D eigenvalue weighted by atomic mass is 10.2. The molecule has 0 bridgehead atoms. The van der Waals surface area contributed by atoms with Gasteiger partial charge in [-0.25, -0.2) is 0 Å². The quantitative estimate of drug-likeness (QED) is 0.909. The molecule has 1 amide bonds. The number of carbonyl (C=O) groups excluding carboxylic acids is 1. The van der Waals surface area contributed by atoms with Crippen LogP contribution in [-0.2, 0) is 19.4 Å². The maximum absolute atomic E-state index is 12.1.